The van der Waals surface area contributed by atoms with Gasteiger partial charge in [-0.15, -0.1) is 0 Å². The van der Waals surface area contributed by atoms with Crippen molar-refractivity contribution < 1.29 is 4.79 Å². The zero-order valence-electron chi connectivity index (χ0n) is 17.0. The molecule has 0 aliphatic carbocycles. The predicted molar refractivity (Wildman–Crippen MR) is 110 cm³/mol. The number of hydrogen-bond donors (Lipinski definition) is 0. The summed E-state index contributed by atoms with van der Waals surface area (Å²) in [5.74, 6) is 0.142. The van der Waals surface area contributed by atoms with Crippen LogP contribution >= 0.6 is 0 Å². The SMILES string of the molecule is CC/C=C(/C(C)=O)c1ccc(C)cc1C.CCCCN1CCCCC1. The monoisotopic (exact) mass is 343 g/mol. The van der Waals surface area contributed by atoms with Gasteiger partial charge >= 0.3 is 0 Å². The fourth-order valence-electron chi connectivity index (χ4n) is 3.33. The number of allylic oxidation sites excluding steroid dienone is 2. The summed E-state index contributed by atoms with van der Waals surface area (Å²) in [5.41, 5.74) is 4.31. The highest BCUT2D eigenvalue weighted by molar-refractivity contribution is 6.19. The van der Waals surface area contributed by atoms with E-state index in [2.05, 4.69) is 37.8 Å². The van der Waals surface area contributed by atoms with Gasteiger partial charge in [-0.2, -0.15) is 0 Å². The number of piperidine rings is 1. The molecular weight excluding hydrogens is 306 g/mol. The minimum atomic E-state index is 0.142. The standard InChI is InChI=1S/C14H18O.C9H19N/c1-5-6-14(12(4)15)13-8-7-10(2)9-11(13)3;1-2-3-7-10-8-5-4-6-9-10/h6-9H,5H2,1-4H3;2-9H2,1H3/b14-6-;. The third-order valence-electron chi connectivity index (χ3n) is 4.74. The van der Waals surface area contributed by atoms with Gasteiger partial charge < -0.3 is 4.90 Å². The van der Waals surface area contributed by atoms with Crippen molar-refractivity contribution in [2.75, 3.05) is 19.6 Å². The number of carbonyl (C=O) groups is 1. The first kappa shape index (κ1) is 21.6. The van der Waals surface area contributed by atoms with Crippen LogP contribution in [0.1, 0.15) is 76.0 Å². The number of carbonyl (C=O) groups excluding carboxylic acids is 1. The fraction of sp³-hybridized carbons (Fsp3) is 0.609. The van der Waals surface area contributed by atoms with Crippen LogP contribution in [0.2, 0.25) is 0 Å². The zero-order valence-corrected chi connectivity index (χ0v) is 17.0. The van der Waals surface area contributed by atoms with E-state index < -0.39 is 0 Å². The van der Waals surface area contributed by atoms with Crippen LogP contribution in [-0.2, 0) is 4.79 Å². The fourth-order valence-corrected chi connectivity index (χ4v) is 3.33. The first-order chi connectivity index (χ1) is 12.0. The molecule has 0 N–H and O–H groups in total. The molecule has 1 aromatic rings. The van der Waals surface area contributed by atoms with Gasteiger partial charge in [-0.05, 0) is 77.2 Å². The van der Waals surface area contributed by atoms with Crippen molar-refractivity contribution in [3.8, 4) is 0 Å². The van der Waals surface area contributed by atoms with Gasteiger partial charge in [0, 0.05) is 5.57 Å². The van der Waals surface area contributed by atoms with Crippen molar-refractivity contribution in [1.29, 1.82) is 0 Å². The average molecular weight is 344 g/mol. The summed E-state index contributed by atoms with van der Waals surface area (Å²) >= 11 is 0. The smallest absolute Gasteiger partial charge is 0.160 e. The van der Waals surface area contributed by atoms with Crippen molar-refractivity contribution >= 4 is 11.4 Å². The lowest BCUT2D eigenvalue weighted by Crippen LogP contribution is -2.30. The molecule has 0 bridgehead atoms. The van der Waals surface area contributed by atoms with Crippen molar-refractivity contribution in [3.05, 3.63) is 41.0 Å². The van der Waals surface area contributed by atoms with Crippen molar-refractivity contribution in [2.45, 2.75) is 73.1 Å². The molecule has 0 atom stereocenters. The molecule has 0 unspecified atom stereocenters. The number of benzene rings is 1. The molecule has 2 nitrogen and oxygen atoms in total. The lowest BCUT2D eigenvalue weighted by Gasteiger charge is -2.25. The van der Waals surface area contributed by atoms with E-state index in [1.165, 1.54) is 62.9 Å². The van der Waals surface area contributed by atoms with E-state index in [1.807, 2.05) is 19.1 Å². The average Bonchev–Trinajstić information content (AvgIpc) is 2.60. The van der Waals surface area contributed by atoms with Gasteiger partial charge in [0.05, 0.1) is 0 Å². The van der Waals surface area contributed by atoms with Gasteiger partial charge in [-0.1, -0.05) is 56.5 Å². The number of hydrogen-bond acceptors (Lipinski definition) is 2. The van der Waals surface area contributed by atoms with Crippen LogP contribution in [-0.4, -0.2) is 30.3 Å². The Kier molecular flexibility index (Phi) is 10.4. The van der Waals surface area contributed by atoms with Gasteiger partial charge in [-0.3, -0.25) is 4.79 Å². The number of rotatable bonds is 6. The second-order valence-corrected chi connectivity index (χ2v) is 7.16. The van der Waals surface area contributed by atoms with Gasteiger partial charge in [0.15, 0.2) is 5.78 Å². The quantitative estimate of drug-likeness (QED) is 0.594. The van der Waals surface area contributed by atoms with Crippen LogP contribution in [0.25, 0.3) is 5.57 Å². The molecule has 1 aliphatic heterocycles. The Morgan fingerprint density at radius 3 is 2.32 bits per heavy atom. The lowest BCUT2D eigenvalue weighted by molar-refractivity contribution is -0.111. The molecule has 0 amide bonds. The van der Waals surface area contributed by atoms with E-state index in [1.54, 1.807) is 6.92 Å². The maximum absolute atomic E-state index is 11.5. The summed E-state index contributed by atoms with van der Waals surface area (Å²) in [4.78, 5) is 14.1. The van der Waals surface area contributed by atoms with Gasteiger partial charge in [0.1, 0.15) is 0 Å². The summed E-state index contributed by atoms with van der Waals surface area (Å²) in [7, 11) is 0. The minimum Gasteiger partial charge on any atom is -0.303 e. The second kappa shape index (κ2) is 12.0. The Labute approximate surface area is 155 Å². The maximum Gasteiger partial charge on any atom is 0.160 e. The van der Waals surface area contributed by atoms with Gasteiger partial charge in [0.25, 0.3) is 0 Å². The minimum absolute atomic E-state index is 0.142. The number of likely N-dealkylation sites (tertiary alicyclic amines) is 1. The van der Waals surface area contributed by atoms with Crippen LogP contribution in [0.15, 0.2) is 24.3 Å². The molecule has 1 fully saturated rings. The third-order valence-corrected chi connectivity index (χ3v) is 4.74. The molecule has 0 spiro atoms. The van der Waals surface area contributed by atoms with Crippen molar-refractivity contribution in [1.82, 2.24) is 4.90 Å². The number of aryl methyl sites for hydroxylation is 2. The van der Waals surface area contributed by atoms with Crippen LogP contribution in [0.3, 0.4) is 0 Å². The van der Waals surface area contributed by atoms with Gasteiger partial charge in [-0.25, -0.2) is 0 Å². The number of Topliss-reactive ketones (excluding diaryl/α,β-unsaturated/α-hetero) is 1. The molecule has 0 aromatic heterocycles. The van der Waals surface area contributed by atoms with E-state index in [-0.39, 0.29) is 5.78 Å². The molecule has 1 aliphatic rings. The molecule has 2 heteroatoms. The molecule has 0 saturated carbocycles. The van der Waals surface area contributed by atoms with Gasteiger partial charge in [0.2, 0.25) is 0 Å². The number of ketones is 1. The topological polar surface area (TPSA) is 20.3 Å². The Bertz CT molecular complexity index is 553. The molecule has 1 heterocycles. The molecule has 140 valence electrons. The van der Waals surface area contributed by atoms with Crippen LogP contribution in [0.4, 0.5) is 0 Å². The summed E-state index contributed by atoms with van der Waals surface area (Å²) in [5, 5.41) is 0. The zero-order chi connectivity index (χ0) is 18.7. The first-order valence-electron chi connectivity index (χ1n) is 10.0. The third kappa shape index (κ3) is 8.00. The predicted octanol–water partition coefficient (Wildman–Crippen LogP) is 5.96. The number of nitrogens with zero attached hydrogens (tertiary/aromatic N) is 1. The largest absolute Gasteiger partial charge is 0.303 e. The Balaban J connectivity index is 0.000000271. The van der Waals surface area contributed by atoms with E-state index in [9.17, 15) is 4.79 Å². The maximum atomic E-state index is 11.5. The van der Waals surface area contributed by atoms with Crippen LogP contribution in [0.5, 0.6) is 0 Å². The lowest BCUT2D eigenvalue weighted by atomic mass is 9.95. The van der Waals surface area contributed by atoms with Crippen LogP contribution in [0, 0.1) is 13.8 Å². The highest BCUT2D eigenvalue weighted by Crippen LogP contribution is 2.21. The van der Waals surface area contributed by atoms with Crippen molar-refractivity contribution in [2.24, 2.45) is 0 Å². The van der Waals surface area contributed by atoms with E-state index >= 15 is 0 Å². The molecular formula is C23H37NO. The van der Waals surface area contributed by atoms with E-state index in [0.717, 1.165) is 17.6 Å². The summed E-state index contributed by atoms with van der Waals surface area (Å²) in [6, 6.07) is 6.20. The summed E-state index contributed by atoms with van der Waals surface area (Å²) in [6.07, 6.45) is 9.95. The molecule has 0 radical (unpaired) electrons. The highest BCUT2D eigenvalue weighted by Gasteiger charge is 2.09. The van der Waals surface area contributed by atoms with E-state index in [0.29, 0.717) is 0 Å². The van der Waals surface area contributed by atoms with Crippen LogP contribution < -0.4 is 0 Å². The summed E-state index contributed by atoms with van der Waals surface area (Å²) < 4.78 is 0. The molecule has 25 heavy (non-hydrogen) atoms. The molecule has 1 saturated heterocycles. The highest BCUT2D eigenvalue weighted by atomic mass is 16.1. The first-order valence-corrected chi connectivity index (χ1v) is 10.0. The number of unbranched alkanes of at least 4 members (excludes halogenated alkanes) is 1. The molecule has 1 aromatic carbocycles. The van der Waals surface area contributed by atoms with E-state index in [4.69, 9.17) is 0 Å². The summed E-state index contributed by atoms with van der Waals surface area (Å²) in [6.45, 7) is 14.1. The second-order valence-electron chi connectivity index (χ2n) is 7.16. The Morgan fingerprint density at radius 1 is 1.12 bits per heavy atom. The Hall–Kier alpha value is -1.41. The van der Waals surface area contributed by atoms with Crippen molar-refractivity contribution in [3.63, 3.8) is 0 Å². The normalized spacial score (nSPS) is 15.5. The molecule has 2 rings (SSSR count). The Morgan fingerprint density at radius 2 is 1.80 bits per heavy atom.